The Morgan fingerprint density at radius 2 is 1.95 bits per heavy atom. The van der Waals surface area contributed by atoms with Gasteiger partial charge < -0.3 is 4.52 Å². The van der Waals surface area contributed by atoms with Crippen LogP contribution in [0.15, 0.2) is 47.1 Å². The van der Waals surface area contributed by atoms with Gasteiger partial charge in [-0.1, -0.05) is 28.9 Å². The first-order chi connectivity index (χ1) is 9.74. The fourth-order valence-electron chi connectivity index (χ4n) is 1.83. The Hall–Kier alpha value is -2.27. The molecular formula is C14H11ClN4O. The van der Waals surface area contributed by atoms with Crippen LogP contribution in [0.3, 0.4) is 0 Å². The first kappa shape index (κ1) is 12.7. The van der Waals surface area contributed by atoms with Crippen molar-refractivity contribution in [2.75, 3.05) is 0 Å². The average molecular weight is 287 g/mol. The second-order valence-corrected chi connectivity index (χ2v) is 4.77. The minimum atomic E-state index is -0.00909. The van der Waals surface area contributed by atoms with Crippen LogP contribution < -0.4 is 0 Å². The molecule has 2 aromatic heterocycles. The van der Waals surface area contributed by atoms with E-state index in [0.29, 0.717) is 22.4 Å². The van der Waals surface area contributed by atoms with Gasteiger partial charge in [-0.3, -0.25) is 0 Å². The van der Waals surface area contributed by atoms with Crippen molar-refractivity contribution in [3.05, 3.63) is 59.1 Å². The Morgan fingerprint density at radius 3 is 2.65 bits per heavy atom. The molecule has 100 valence electrons. The molecule has 0 saturated carbocycles. The van der Waals surface area contributed by atoms with E-state index < -0.39 is 0 Å². The van der Waals surface area contributed by atoms with Crippen LogP contribution >= 0.6 is 11.6 Å². The summed E-state index contributed by atoms with van der Waals surface area (Å²) in [6.07, 6.45) is 1.60. The lowest BCUT2D eigenvalue weighted by Crippen LogP contribution is -1.96. The fourth-order valence-corrected chi connectivity index (χ4v) is 1.96. The Balaban J connectivity index is 1.88. The van der Waals surface area contributed by atoms with Crippen LogP contribution in [0.4, 0.5) is 0 Å². The maximum absolute atomic E-state index is 5.88. The van der Waals surface area contributed by atoms with Crippen molar-refractivity contribution in [1.29, 1.82) is 0 Å². The van der Waals surface area contributed by atoms with E-state index in [2.05, 4.69) is 20.3 Å². The summed E-state index contributed by atoms with van der Waals surface area (Å²) >= 11 is 5.88. The molecule has 0 aliphatic carbocycles. The van der Waals surface area contributed by atoms with Crippen LogP contribution in [0, 0.1) is 0 Å². The summed E-state index contributed by atoms with van der Waals surface area (Å²) in [7, 11) is 0. The van der Waals surface area contributed by atoms with Gasteiger partial charge in [-0.25, -0.2) is 0 Å². The molecule has 0 bridgehead atoms. The normalized spacial score (nSPS) is 12.3. The summed E-state index contributed by atoms with van der Waals surface area (Å²) in [5.74, 6) is 0.965. The maximum Gasteiger partial charge on any atom is 0.234 e. The summed E-state index contributed by atoms with van der Waals surface area (Å²) in [6, 6.07) is 11.1. The molecule has 1 atom stereocenters. The molecule has 6 heteroatoms. The fraction of sp³-hybridized carbons (Fsp3) is 0.143. The number of benzene rings is 1. The minimum Gasteiger partial charge on any atom is -0.338 e. The van der Waals surface area contributed by atoms with Crippen molar-refractivity contribution in [3.63, 3.8) is 0 Å². The molecule has 0 radical (unpaired) electrons. The molecule has 0 amide bonds. The Bertz CT molecular complexity index is 697. The van der Waals surface area contributed by atoms with E-state index >= 15 is 0 Å². The van der Waals surface area contributed by atoms with Gasteiger partial charge in [0.15, 0.2) is 0 Å². The monoisotopic (exact) mass is 286 g/mol. The minimum absolute atomic E-state index is 0.00909. The number of hydrogen-bond donors (Lipinski definition) is 0. The second-order valence-electron chi connectivity index (χ2n) is 4.34. The Labute approximate surface area is 120 Å². The zero-order valence-corrected chi connectivity index (χ0v) is 11.4. The van der Waals surface area contributed by atoms with Crippen LogP contribution in [0.2, 0.25) is 5.02 Å². The number of hydrogen-bond acceptors (Lipinski definition) is 5. The van der Waals surface area contributed by atoms with Crippen LogP contribution in [-0.2, 0) is 0 Å². The zero-order chi connectivity index (χ0) is 13.9. The Kier molecular flexibility index (Phi) is 3.43. The van der Waals surface area contributed by atoms with Crippen molar-refractivity contribution in [2.45, 2.75) is 12.8 Å². The van der Waals surface area contributed by atoms with Crippen LogP contribution in [0.1, 0.15) is 24.3 Å². The smallest absolute Gasteiger partial charge is 0.234 e. The standard InChI is InChI=1S/C14H11ClN4O/c1-9(10-4-6-11(15)7-5-10)14-17-13(19-20-14)12-3-2-8-16-18-12/h2-9H,1H3. The van der Waals surface area contributed by atoms with Crippen LogP contribution in [-0.4, -0.2) is 20.3 Å². The first-order valence-corrected chi connectivity index (χ1v) is 6.49. The summed E-state index contributed by atoms with van der Waals surface area (Å²) in [4.78, 5) is 4.37. The lowest BCUT2D eigenvalue weighted by atomic mass is 10.0. The largest absolute Gasteiger partial charge is 0.338 e. The molecule has 1 unspecified atom stereocenters. The summed E-state index contributed by atoms with van der Waals surface area (Å²) in [5.41, 5.74) is 1.65. The summed E-state index contributed by atoms with van der Waals surface area (Å²) < 4.78 is 5.30. The van der Waals surface area contributed by atoms with E-state index in [9.17, 15) is 0 Å². The molecular weight excluding hydrogens is 276 g/mol. The highest BCUT2D eigenvalue weighted by molar-refractivity contribution is 6.30. The maximum atomic E-state index is 5.88. The molecule has 3 aromatic rings. The second kappa shape index (κ2) is 5.38. The molecule has 0 fully saturated rings. The molecule has 0 saturated heterocycles. The third-order valence-electron chi connectivity index (χ3n) is 2.98. The van der Waals surface area contributed by atoms with Gasteiger partial charge in [-0.2, -0.15) is 10.1 Å². The molecule has 1 aromatic carbocycles. The molecule has 20 heavy (non-hydrogen) atoms. The van der Waals surface area contributed by atoms with Crippen LogP contribution in [0.25, 0.3) is 11.5 Å². The molecule has 0 spiro atoms. The highest BCUT2D eigenvalue weighted by Crippen LogP contribution is 2.25. The van der Waals surface area contributed by atoms with Gasteiger partial charge in [0.2, 0.25) is 11.7 Å². The van der Waals surface area contributed by atoms with Crippen molar-refractivity contribution >= 4 is 11.6 Å². The quantitative estimate of drug-likeness (QED) is 0.739. The van der Waals surface area contributed by atoms with Crippen LogP contribution in [0.5, 0.6) is 0 Å². The van der Waals surface area contributed by atoms with Gasteiger partial charge in [-0.15, -0.1) is 5.10 Å². The van der Waals surface area contributed by atoms with E-state index in [1.54, 1.807) is 18.3 Å². The van der Waals surface area contributed by atoms with Crippen molar-refractivity contribution in [3.8, 4) is 11.5 Å². The van der Waals surface area contributed by atoms with Gasteiger partial charge in [-0.05, 0) is 36.8 Å². The van der Waals surface area contributed by atoms with Gasteiger partial charge in [0.05, 0.1) is 5.92 Å². The van der Waals surface area contributed by atoms with Crippen molar-refractivity contribution in [2.24, 2.45) is 0 Å². The van der Waals surface area contributed by atoms with Gasteiger partial charge in [0, 0.05) is 11.2 Å². The predicted molar refractivity (Wildman–Crippen MR) is 74.3 cm³/mol. The molecule has 2 heterocycles. The van der Waals surface area contributed by atoms with Gasteiger partial charge in [0.25, 0.3) is 0 Å². The topological polar surface area (TPSA) is 64.7 Å². The van der Waals surface area contributed by atoms with E-state index in [4.69, 9.17) is 16.1 Å². The lowest BCUT2D eigenvalue weighted by Gasteiger charge is -2.06. The Morgan fingerprint density at radius 1 is 1.15 bits per heavy atom. The number of halogens is 1. The zero-order valence-electron chi connectivity index (χ0n) is 10.7. The van der Waals surface area contributed by atoms with E-state index in [0.717, 1.165) is 5.56 Å². The third kappa shape index (κ3) is 2.53. The number of rotatable bonds is 3. The molecule has 0 aliphatic heterocycles. The average Bonchev–Trinajstić information content (AvgIpc) is 2.98. The van der Waals surface area contributed by atoms with Gasteiger partial charge in [0.1, 0.15) is 5.69 Å². The highest BCUT2D eigenvalue weighted by atomic mass is 35.5. The molecule has 5 nitrogen and oxygen atoms in total. The molecule has 3 rings (SSSR count). The van der Waals surface area contributed by atoms with E-state index in [1.165, 1.54) is 0 Å². The lowest BCUT2D eigenvalue weighted by molar-refractivity contribution is 0.370. The SMILES string of the molecule is CC(c1ccc(Cl)cc1)c1nc(-c2cccnn2)no1. The van der Waals surface area contributed by atoms with E-state index in [-0.39, 0.29) is 5.92 Å². The summed E-state index contributed by atoms with van der Waals surface area (Å²) in [5, 5.41) is 12.4. The highest BCUT2D eigenvalue weighted by Gasteiger charge is 2.17. The van der Waals surface area contributed by atoms with Crippen molar-refractivity contribution in [1.82, 2.24) is 20.3 Å². The molecule has 0 aliphatic rings. The third-order valence-corrected chi connectivity index (χ3v) is 3.24. The predicted octanol–water partition coefficient (Wildman–Crippen LogP) is 3.33. The van der Waals surface area contributed by atoms with E-state index in [1.807, 2.05) is 31.2 Å². The number of aromatic nitrogens is 4. The first-order valence-electron chi connectivity index (χ1n) is 6.11. The summed E-state index contributed by atoms with van der Waals surface area (Å²) in [6.45, 7) is 2.00. The number of nitrogens with zero attached hydrogens (tertiary/aromatic N) is 4. The molecule has 0 N–H and O–H groups in total. The van der Waals surface area contributed by atoms with Crippen molar-refractivity contribution < 1.29 is 4.52 Å². The van der Waals surface area contributed by atoms with Gasteiger partial charge >= 0.3 is 0 Å².